The average Bonchev–Trinajstić information content (AvgIpc) is 2.62. The van der Waals surface area contributed by atoms with Crippen LogP contribution in [-0.4, -0.2) is 9.97 Å². The molecule has 0 bridgehead atoms. The Morgan fingerprint density at radius 2 is 2.17 bits per heavy atom. The molecule has 3 nitrogen and oxygen atoms in total. The lowest BCUT2D eigenvalue weighted by atomic mass is 10.2. The zero-order valence-corrected chi connectivity index (χ0v) is 6.24. The zero-order valence-electron chi connectivity index (χ0n) is 6.24. The second kappa shape index (κ2) is 1.88. The van der Waals surface area contributed by atoms with Crippen molar-refractivity contribution in [3.8, 4) is 0 Å². The van der Waals surface area contributed by atoms with Crippen LogP contribution >= 0.6 is 0 Å². The molecule has 0 radical (unpaired) electrons. The normalized spacial score (nSPS) is 11.3. The summed E-state index contributed by atoms with van der Waals surface area (Å²) in [5.74, 6) is 0. The van der Waals surface area contributed by atoms with Crippen molar-refractivity contribution in [1.29, 1.82) is 0 Å². The van der Waals surface area contributed by atoms with E-state index < -0.39 is 0 Å². The smallest absolute Gasteiger partial charge is 0.183 e. The minimum absolute atomic E-state index is 0.816. The molecule has 0 aliphatic carbocycles. The quantitative estimate of drug-likeness (QED) is 0.545. The van der Waals surface area contributed by atoms with Gasteiger partial charge in [-0.3, -0.25) is 0 Å². The molecule has 1 aromatic carbocycles. The molecule has 3 rings (SSSR count). The minimum Gasteiger partial charge on any atom is -0.441 e. The molecule has 12 heavy (non-hydrogen) atoms. The lowest BCUT2D eigenvalue weighted by Gasteiger charge is -1.84. The number of oxazole rings is 1. The Hall–Kier alpha value is -1.77. The third-order valence-corrected chi connectivity index (χ3v) is 1.99. The number of aromatic nitrogens is 2. The van der Waals surface area contributed by atoms with Gasteiger partial charge in [-0.25, -0.2) is 0 Å². The number of rotatable bonds is 0. The number of benzene rings is 1. The SMILES string of the molecule is c1ccc2c(c1)[nH]c1ncoc12. The summed E-state index contributed by atoms with van der Waals surface area (Å²) in [6.07, 6.45) is 1.45. The first-order valence-corrected chi connectivity index (χ1v) is 3.75. The van der Waals surface area contributed by atoms with Crippen LogP contribution in [0.15, 0.2) is 35.1 Å². The molecule has 0 amide bonds. The third-order valence-electron chi connectivity index (χ3n) is 1.99. The molecular weight excluding hydrogens is 152 g/mol. The van der Waals surface area contributed by atoms with E-state index in [4.69, 9.17) is 4.42 Å². The van der Waals surface area contributed by atoms with Gasteiger partial charge < -0.3 is 9.40 Å². The lowest BCUT2D eigenvalue weighted by molar-refractivity contribution is 0.605. The van der Waals surface area contributed by atoms with Crippen LogP contribution in [0, 0.1) is 0 Å². The maximum absolute atomic E-state index is 5.23. The molecule has 0 saturated heterocycles. The highest BCUT2D eigenvalue weighted by Crippen LogP contribution is 2.23. The van der Waals surface area contributed by atoms with Gasteiger partial charge in [0.2, 0.25) is 0 Å². The molecule has 0 unspecified atom stereocenters. The summed E-state index contributed by atoms with van der Waals surface area (Å²) in [7, 11) is 0. The van der Waals surface area contributed by atoms with E-state index in [1.54, 1.807) is 0 Å². The number of fused-ring (bicyclic) bond motifs is 3. The van der Waals surface area contributed by atoms with Gasteiger partial charge in [-0.05, 0) is 12.1 Å². The average molecular weight is 158 g/mol. The number of para-hydroxylation sites is 1. The van der Waals surface area contributed by atoms with Crippen molar-refractivity contribution < 1.29 is 4.42 Å². The number of nitrogens with zero attached hydrogens (tertiary/aromatic N) is 1. The van der Waals surface area contributed by atoms with Gasteiger partial charge in [0.05, 0.1) is 5.52 Å². The molecule has 2 heterocycles. The van der Waals surface area contributed by atoms with E-state index in [0.29, 0.717) is 0 Å². The van der Waals surface area contributed by atoms with Crippen molar-refractivity contribution in [2.45, 2.75) is 0 Å². The molecular formula is C9H6N2O. The van der Waals surface area contributed by atoms with Crippen molar-refractivity contribution in [3.63, 3.8) is 0 Å². The van der Waals surface area contributed by atoms with Crippen LogP contribution in [0.25, 0.3) is 22.1 Å². The minimum atomic E-state index is 0.816. The summed E-state index contributed by atoms with van der Waals surface area (Å²) in [4.78, 5) is 7.19. The van der Waals surface area contributed by atoms with Crippen molar-refractivity contribution >= 4 is 22.1 Å². The third kappa shape index (κ3) is 0.580. The van der Waals surface area contributed by atoms with Crippen molar-refractivity contribution in [2.75, 3.05) is 0 Å². The zero-order chi connectivity index (χ0) is 7.97. The van der Waals surface area contributed by atoms with Crippen molar-refractivity contribution in [1.82, 2.24) is 9.97 Å². The summed E-state index contributed by atoms with van der Waals surface area (Å²) in [6.45, 7) is 0. The van der Waals surface area contributed by atoms with Gasteiger partial charge in [0.1, 0.15) is 0 Å². The first-order chi connectivity index (χ1) is 5.95. The summed E-state index contributed by atoms with van der Waals surface area (Å²) >= 11 is 0. The summed E-state index contributed by atoms with van der Waals surface area (Å²) < 4.78 is 5.23. The molecule has 1 N–H and O–H groups in total. The van der Waals surface area contributed by atoms with Gasteiger partial charge in [-0.1, -0.05) is 12.1 Å². The van der Waals surface area contributed by atoms with Crippen LogP contribution < -0.4 is 0 Å². The highest BCUT2D eigenvalue weighted by Gasteiger charge is 2.05. The highest BCUT2D eigenvalue weighted by molar-refractivity contribution is 6.02. The first kappa shape index (κ1) is 5.83. The second-order valence-corrected chi connectivity index (χ2v) is 2.70. The fourth-order valence-electron chi connectivity index (χ4n) is 1.44. The Morgan fingerprint density at radius 3 is 3.17 bits per heavy atom. The van der Waals surface area contributed by atoms with Crippen LogP contribution in [-0.2, 0) is 0 Å². The maximum Gasteiger partial charge on any atom is 0.183 e. The molecule has 0 atom stereocenters. The molecule has 3 heteroatoms. The number of H-pyrrole nitrogens is 1. The van der Waals surface area contributed by atoms with E-state index in [9.17, 15) is 0 Å². The summed E-state index contributed by atoms with van der Waals surface area (Å²) in [5.41, 5.74) is 2.72. The monoisotopic (exact) mass is 158 g/mol. The Balaban J connectivity index is 2.68. The second-order valence-electron chi connectivity index (χ2n) is 2.70. The van der Waals surface area contributed by atoms with Crippen LogP contribution in [0.2, 0.25) is 0 Å². The predicted molar refractivity (Wildman–Crippen MR) is 45.9 cm³/mol. The largest absolute Gasteiger partial charge is 0.441 e. The van der Waals surface area contributed by atoms with Gasteiger partial charge in [-0.2, -0.15) is 4.98 Å². The number of aromatic amines is 1. The van der Waals surface area contributed by atoms with Crippen molar-refractivity contribution in [3.05, 3.63) is 30.7 Å². The van der Waals surface area contributed by atoms with E-state index in [2.05, 4.69) is 9.97 Å². The van der Waals surface area contributed by atoms with E-state index >= 15 is 0 Å². The van der Waals surface area contributed by atoms with Gasteiger partial charge in [0, 0.05) is 5.39 Å². The Bertz CT molecular complexity index is 534. The van der Waals surface area contributed by atoms with Crippen LogP contribution in [0.3, 0.4) is 0 Å². The number of hydrogen-bond acceptors (Lipinski definition) is 2. The van der Waals surface area contributed by atoms with Gasteiger partial charge in [-0.15, -0.1) is 0 Å². The fraction of sp³-hybridized carbons (Fsp3) is 0. The van der Waals surface area contributed by atoms with E-state index in [1.807, 2.05) is 24.3 Å². The van der Waals surface area contributed by atoms with Gasteiger partial charge in [0.25, 0.3) is 0 Å². The van der Waals surface area contributed by atoms with E-state index in [-0.39, 0.29) is 0 Å². The molecule has 0 aliphatic rings. The first-order valence-electron chi connectivity index (χ1n) is 3.75. The summed E-state index contributed by atoms with van der Waals surface area (Å²) in [6, 6.07) is 7.99. The van der Waals surface area contributed by atoms with Gasteiger partial charge in [0.15, 0.2) is 17.6 Å². The predicted octanol–water partition coefficient (Wildman–Crippen LogP) is 2.31. The number of nitrogens with one attached hydrogen (secondary N) is 1. The standard InChI is InChI=1S/C9H6N2O/c1-2-4-7-6(3-1)8-9(11-7)10-5-12-8/h1-5,11H. The fourth-order valence-corrected chi connectivity index (χ4v) is 1.44. The molecule has 58 valence electrons. The highest BCUT2D eigenvalue weighted by atomic mass is 16.3. The van der Waals surface area contributed by atoms with Crippen molar-refractivity contribution in [2.24, 2.45) is 0 Å². The summed E-state index contributed by atoms with van der Waals surface area (Å²) in [5, 5.41) is 1.09. The maximum atomic E-state index is 5.23. The Labute approximate surface area is 68.0 Å². The molecule has 0 aliphatic heterocycles. The van der Waals surface area contributed by atoms with Crippen LogP contribution in [0.5, 0.6) is 0 Å². The van der Waals surface area contributed by atoms with E-state index in [1.165, 1.54) is 6.39 Å². The molecule has 0 fully saturated rings. The Morgan fingerprint density at radius 1 is 1.25 bits per heavy atom. The molecule has 0 spiro atoms. The van der Waals surface area contributed by atoms with E-state index in [0.717, 1.165) is 22.1 Å². The Kier molecular flexibility index (Phi) is 0.913. The van der Waals surface area contributed by atoms with Crippen LogP contribution in [0.1, 0.15) is 0 Å². The van der Waals surface area contributed by atoms with Crippen LogP contribution in [0.4, 0.5) is 0 Å². The number of hydrogen-bond donors (Lipinski definition) is 1. The lowest BCUT2D eigenvalue weighted by Crippen LogP contribution is -1.65. The van der Waals surface area contributed by atoms with Gasteiger partial charge >= 0.3 is 0 Å². The molecule has 3 aromatic rings. The topological polar surface area (TPSA) is 41.8 Å². The molecule has 2 aromatic heterocycles. The molecule has 0 saturated carbocycles.